The highest BCUT2D eigenvalue weighted by atomic mass is 32.2. The zero-order valence-corrected chi connectivity index (χ0v) is 18.3. The maximum Gasteiger partial charge on any atom is 0.243 e. The van der Waals surface area contributed by atoms with Crippen molar-refractivity contribution in [3.05, 3.63) is 101 Å². The quantitative estimate of drug-likeness (QED) is 0.577. The molecule has 3 aromatic rings. The zero-order chi connectivity index (χ0) is 22.4. The van der Waals surface area contributed by atoms with Crippen LogP contribution in [-0.4, -0.2) is 25.2 Å². The van der Waals surface area contributed by atoms with Crippen LogP contribution in [-0.2, 0) is 27.9 Å². The Morgan fingerprint density at radius 1 is 0.903 bits per heavy atom. The van der Waals surface area contributed by atoms with Crippen molar-refractivity contribution in [3.63, 3.8) is 0 Å². The van der Waals surface area contributed by atoms with Crippen LogP contribution in [0.1, 0.15) is 22.3 Å². The summed E-state index contributed by atoms with van der Waals surface area (Å²) in [6.45, 7) is 3.43. The molecule has 0 aliphatic heterocycles. The van der Waals surface area contributed by atoms with Crippen molar-refractivity contribution < 1.29 is 17.6 Å². The Balaban J connectivity index is 1.81. The first kappa shape index (κ1) is 22.7. The molecule has 0 aromatic heterocycles. The van der Waals surface area contributed by atoms with Crippen LogP contribution in [0.2, 0.25) is 0 Å². The Morgan fingerprint density at radius 2 is 1.48 bits per heavy atom. The van der Waals surface area contributed by atoms with E-state index in [0.29, 0.717) is 0 Å². The number of nitrogens with zero attached hydrogens (tertiary/aromatic N) is 1. The van der Waals surface area contributed by atoms with E-state index >= 15 is 0 Å². The number of halogens is 1. The van der Waals surface area contributed by atoms with Crippen LogP contribution in [0, 0.1) is 19.7 Å². The highest BCUT2D eigenvalue weighted by Crippen LogP contribution is 2.20. The number of nitrogens with one attached hydrogen (secondary N) is 1. The van der Waals surface area contributed by atoms with Gasteiger partial charge in [-0.15, -0.1) is 0 Å². The summed E-state index contributed by atoms with van der Waals surface area (Å²) in [6.07, 6.45) is 0. The predicted octanol–water partition coefficient (Wildman–Crippen LogP) is 3.95. The Morgan fingerprint density at radius 3 is 2.10 bits per heavy atom. The third-order valence-corrected chi connectivity index (χ3v) is 6.70. The zero-order valence-electron chi connectivity index (χ0n) is 17.5. The van der Waals surface area contributed by atoms with Gasteiger partial charge >= 0.3 is 0 Å². The monoisotopic (exact) mass is 440 g/mol. The van der Waals surface area contributed by atoms with Gasteiger partial charge in [-0.1, -0.05) is 65.7 Å². The molecule has 162 valence electrons. The minimum absolute atomic E-state index is 0.0563. The van der Waals surface area contributed by atoms with Crippen molar-refractivity contribution in [1.29, 1.82) is 0 Å². The van der Waals surface area contributed by atoms with Crippen LogP contribution in [0.15, 0.2) is 77.7 Å². The largest absolute Gasteiger partial charge is 0.351 e. The van der Waals surface area contributed by atoms with Crippen molar-refractivity contribution in [2.45, 2.75) is 31.8 Å². The summed E-state index contributed by atoms with van der Waals surface area (Å²) in [7, 11) is -4.01. The Bertz CT molecular complexity index is 1140. The molecule has 7 heteroatoms. The molecule has 0 radical (unpaired) electrons. The minimum atomic E-state index is -4.01. The molecule has 1 N–H and O–H groups in total. The first-order chi connectivity index (χ1) is 14.8. The van der Waals surface area contributed by atoms with Crippen LogP contribution < -0.4 is 5.32 Å². The number of aryl methyl sites for hydroxylation is 2. The average Bonchev–Trinajstić information content (AvgIpc) is 2.74. The number of carbonyl (C=O) groups excluding carboxylic acids is 1. The summed E-state index contributed by atoms with van der Waals surface area (Å²) >= 11 is 0. The van der Waals surface area contributed by atoms with Gasteiger partial charge in [0.25, 0.3) is 0 Å². The number of rotatable bonds is 8. The molecule has 0 saturated carbocycles. The van der Waals surface area contributed by atoms with Gasteiger partial charge in [-0.3, -0.25) is 4.79 Å². The van der Waals surface area contributed by atoms with E-state index in [-0.39, 0.29) is 23.5 Å². The molecule has 0 fully saturated rings. The van der Waals surface area contributed by atoms with Gasteiger partial charge in [0.1, 0.15) is 5.82 Å². The number of sulfonamides is 1. The smallest absolute Gasteiger partial charge is 0.243 e. The summed E-state index contributed by atoms with van der Waals surface area (Å²) in [5, 5.41) is 2.74. The molecule has 0 aliphatic rings. The Kier molecular flexibility index (Phi) is 7.20. The average molecular weight is 441 g/mol. The van der Waals surface area contributed by atoms with Gasteiger partial charge in [0, 0.05) is 18.7 Å². The topological polar surface area (TPSA) is 66.5 Å². The van der Waals surface area contributed by atoms with Gasteiger partial charge in [0.15, 0.2) is 0 Å². The van der Waals surface area contributed by atoms with E-state index < -0.39 is 28.3 Å². The van der Waals surface area contributed by atoms with Crippen LogP contribution in [0.25, 0.3) is 0 Å². The molecule has 3 rings (SSSR count). The van der Waals surface area contributed by atoms with E-state index in [2.05, 4.69) is 5.32 Å². The van der Waals surface area contributed by atoms with E-state index in [1.807, 2.05) is 38.1 Å². The second kappa shape index (κ2) is 9.85. The molecule has 0 spiro atoms. The highest BCUT2D eigenvalue weighted by molar-refractivity contribution is 7.89. The summed E-state index contributed by atoms with van der Waals surface area (Å²) in [5.74, 6) is -0.987. The molecule has 0 atom stereocenters. The molecule has 0 bridgehead atoms. The summed E-state index contributed by atoms with van der Waals surface area (Å²) < 4.78 is 41.7. The van der Waals surface area contributed by atoms with Crippen LogP contribution >= 0.6 is 0 Å². The van der Waals surface area contributed by atoms with Gasteiger partial charge in [-0.25, -0.2) is 12.8 Å². The molecular formula is C24H25FN2O3S. The second-order valence-electron chi connectivity index (χ2n) is 7.44. The van der Waals surface area contributed by atoms with Crippen molar-refractivity contribution in [2.24, 2.45) is 0 Å². The third-order valence-electron chi connectivity index (χ3n) is 4.89. The van der Waals surface area contributed by atoms with E-state index in [4.69, 9.17) is 0 Å². The Labute approximate surface area is 182 Å². The fraction of sp³-hybridized carbons (Fsp3) is 0.208. The molecule has 31 heavy (non-hydrogen) atoms. The molecule has 3 aromatic carbocycles. The molecule has 0 aliphatic carbocycles. The van der Waals surface area contributed by atoms with Crippen LogP contribution in [0.4, 0.5) is 4.39 Å². The van der Waals surface area contributed by atoms with E-state index in [0.717, 1.165) is 21.0 Å². The standard InChI is InChI=1S/C24H25FN2O3S/c1-18-7-11-20(12-8-18)15-26-24(28)17-27(16-21-5-3-4-6-23(21)25)31(29,30)22-13-9-19(2)10-14-22/h3-14H,15-17H2,1-2H3,(H,26,28). The second-order valence-corrected chi connectivity index (χ2v) is 9.38. The van der Waals surface area contributed by atoms with Crippen molar-refractivity contribution >= 4 is 15.9 Å². The fourth-order valence-corrected chi connectivity index (χ4v) is 4.40. The first-order valence-electron chi connectivity index (χ1n) is 9.88. The third kappa shape index (κ3) is 5.99. The lowest BCUT2D eigenvalue weighted by atomic mass is 10.1. The molecule has 1 amide bonds. The van der Waals surface area contributed by atoms with Crippen LogP contribution in [0.5, 0.6) is 0 Å². The number of benzene rings is 3. The predicted molar refractivity (Wildman–Crippen MR) is 118 cm³/mol. The number of amides is 1. The summed E-state index contributed by atoms with van der Waals surface area (Å²) in [5.41, 5.74) is 3.12. The number of carbonyl (C=O) groups is 1. The molecule has 0 unspecified atom stereocenters. The number of hydrogen-bond acceptors (Lipinski definition) is 3. The number of hydrogen-bond donors (Lipinski definition) is 1. The highest BCUT2D eigenvalue weighted by Gasteiger charge is 2.27. The fourth-order valence-electron chi connectivity index (χ4n) is 3.02. The summed E-state index contributed by atoms with van der Waals surface area (Å²) in [6, 6.07) is 20.0. The van der Waals surface area contributed by atoms with Gasteiger partial charge in [-0.05, 0) is 37.6 Å². The molecule has 5 nitrogen and oxygen atoms in total. The maximum atomic E-state index is 14.2. The lowest BCUT2D eigenvalue weighted by molar-refractivity contribution is -0.121. The van der Waals surface area contributed by atoms with Gasteiger partial charge < -0.3 is 5.32 Å². The van der Waals surface area contributed by atoms with Crippen molar-refractivity contribution in [3.8, 4) is 0 Å². The lowest BCUT2D eigenvalue weighted by Gasteiger charge is -2.22. The van der Waals surface area contributed by atoms with Gasteiger partial charge in [-0.2, -0.15) is 4.31 Å². The molecule has 0 saturated heterocycles. The van der Waals surface area contributed by atoms with Crippen LogP contribution in [0.3, 0.4) is 0 Å². The SMILES string of the molecule is Cc1ccc(CNC(=O)CN(Cc2ccccc2F)S(=O)(=O)c2ccc(C)cc2)cc1. The lowest BCUT2D eigenvalue weighted by Crippen LogP contribution is -2.40. The van der Waals surface area contributed by atoms with E-state index in [9.17, 15) is 17.6 Å². The summed E-state index contributed by atoms with van der Waals surface area (Å²) in [4.78, 5) is 12.6. The minimum Gasteiger partial charge on any atom is -0.351 e. The first-order valence-corrected chi connectivity index (χ1v) is 11.3. The van der Waals surface area contributed by atoms with E-state index in [1.54, 1.807) is 18.2 Å². The Hall–Kier alpha value is -3.03. The maximum absolute atomic E-state index is 14.2. The van der Waals surface area contributed by atoms with Crippen molar-refractivity contribution in [2.75, 3.05) is 6.54 Å². The van der Waals surface area contributed by atoms with Gasteiger partial charge in [0.2, 0.25) is 15.9 Å². The molecule has 0 heterocycles. The van der Waals surface area contributed by atoms with E-state index in [1.165, 1.54) is 30.3 Å². The van der Waals surface area contributed by atoms with Gasteiger partial charge in [0.05, 0.1) is 11.4 Å². The normalized spacial score (nSPS) is 11.5. The molecular weight excluding hydrogens is 415 g/mol. The van der Waals surface area contributed by atoms with Crippen molar-refractivity contribution in [1.82, 2.24) is 9.62 Å².